The first kappa shape index (κ1) is 16.3. The Kier molecular flexibility index (Phi) is 7.33. The smallest absolute Gasteiger partial charge is 0.309 e. The zero-order valence-electron chi connectivity index (χ0n) is 10.8. The van der Waals surface area contributed by atoms with Gasteiger partial charge in [-0.25, -0.2) is 12.7 Å². The zero-order valence-corrected chi connectivity index (χ0v) is 11.6. The third kappa shape index (κ3) is 5.99. The summed E-state index contributed by atoms with van der Waals surface area (Å²) in [5.41, 5.74) is 0. The molecule has 17 heavy (non-hydrogen) atoms. The highest BCUT2D eigenvalue weighted by atomic mass is 32.2. The fourth-order valence-corrected chi connectivity index (χ4v) is 2.33. The number of ether oxygens (including phenoxy) is 2. The molecule has 0 heterocycles. The van der Waals surface area contributed by atoms with Crippen molar-refractivity contribution in [1.82, 2.24) is 4.31 Å². The van der Waals surface area contributed by atoms with Gasteiger partial charge in [0.2, 0.25) is 10.0 Å². The van der Waals surface area contributed by atoms with Crippen molar-refractivity contribution in [3.05, 3.63) is 0 Å². The number of rotatable bonds is 8. The van der Waals surface area contributed by atoms with E-state index in [0.717, 1.165) is 4.31 Å². The fraction of sp³-hybridized carbons (Fsp3) is 0.900. The van der Waals surface area contributed by atoms with E-state index in [4.69, 9.17) is 4.74 Å². The van der Waals surface area contributed by atoms with Gasteiger partial charge in [0.15, 0.2) is 0 Å². The van der Waals surface area contributed by atoms with Crippen molar-refractivity contribution in [2.75, 3.05) is 39.7 Å². The van der Waals surface area contributed by atoms with E-state index >= 15 is 0 Å². The summed E-state index contributed by atoms with van der Waals surface area (Å²) >= 11 is 0. The van der Waals surface area contributed by atoms with E-state index in [1.54, 1.807) is 13.8 Å². The van der Waals surface area contributed by atoms with Crippen LogP contribution in [0.5, 0.6) is 0 Å². The molecule has 6 nitrogen and oxygen atoms in total. The lowest BCUT2D eigenvalue weighted by Crippen LogP contribution is -2.36. The molecule has 7 heteroatoms. The van der Waals surface area contributed by atoms with Gasteiger partial charge in [-0.3, -0.25) is 4.79 Å². The highest BCUT2D eigenvalue weighted by Crippen LogP contribution is 2.05. The van der Waals surface area contributed by atoms with E-state index in [1.165, 1.54) is 14.2 Å². The van der Waals surface area contributed by atoms with Crippen LogP contribution in [-0.4, -0.2) is 58.4 Å². The van der Waals surface area contributed by atoms with Gasteiger partial charge in [-0.05, 0) is 6.92 Å². The van der Waals surface area contributed by atoms with Crippen LogP contribution in [0, 0.1) is 5.92 Å². The van der Waals surface area contributed by atoms with Gasteiger partial charge in [-0.2, -0.15) is 0 Å². The quantitative estimate of drug-likeness (QED) is 0.460. The standard InChI is InChI=1S/C10H21NO5S/c1-5-16-6-7-17(13,14)11(3)8-9(2)10(12)15-4/h9H,5-8H2,1-4H3. The van der Waals surface area contributed by atoms with Crippen LogP contribution >= 0.6 is 0 Å². The lowest BCUT2D eigenvalue weighted by atomic mass is 10.2. The SMILES string of the molecule is CCOCCS(=O)(=O)N(C)CC(C)C(=O)OC. The van der Waals surface area contributed by atoms with E-state index in [0.29, 0.717) is 6.61 Å². The molecule has 0 fully saturated rings. The number of hydrogen-bond donors (Lipinski definition) is 0. The number of hydrogen-bond acceptors (Lipinski definition) is 5. The van der Waals surface area contributed by atoms with E-state index in [1.807, 2.05) is 0 Å². The van der Waals surface area contributed by atoms with Crippen molar-refractivity contribution in [2.24, 2.45) is 5.92 Å². The Morgan fingerprint density at radius 1 is 1.41 bits per heavy atom. The Morgan fingerprint density at radius 2 is 2.00 bits per heavy atom. The van der Waals surface area contributed by atoms with Crippen molar-refractivity contribution in [2.45, 2.75) is 13.8 Å². The molecule has 0 aromatic rings. The molecule has 1 unspecified atom stereocenters. The topological polar surface area (TPSA) is 72.9 Å². The first-order valence-corrected chi connectivity index (χ1v) is 7.05. The van der Waals surface area contributed by atoms with Gasteiger partial charge in [-0.15, -0.1) is 0 Å². The molecular formula is C10H21NO5S. The molecule has 0 aliphatic rings. The molecule has 0 N–H and O–H groups in total. The number of carbonyl (C=O) groups is 1. The Labute approximate surface area is 103 Å². The van der Waals surface area contributed by atoms with Crippen LogP contribution < -0.4 is 0 Å². The maximum absolute atomic E-state index is 11.7. The molecule has 0 rings (SSSR count). The summed E-state index contributed by atoms with van der Waals surface area (Å²) in [5.74, 6) is -0.977. The summed E-state index contributed by atoms with van der Waals surface area (Å²) in [6.45, 7) is 4.19. The van der Waals surface area contributed by atoms with E-state index in [2.05, 4.69) is 4.74 Å². The second-order valence-corrected chi connectivity index (χ2v) is 5.91. The Morgan fingerprint density at radius 3 is 2.47 bits per heavy atom. The van der Waals surface area contributed by atoms with Crippen LogP contribution in [-0.2, 0) is 24.3 Å². The molecule has 0 aromatic carbocycles. The van der Waals surface area contributed by atoms with Crippen LogP contribution in [0.2, 0.25) is 0 Å². The monoisotopic (exact) mass is 267 g/mol. The molecule has 0 saturated heterocycles. The molecule has 0 spiro atoms. The molecule has 102 valence electrons. The van der Waals surface area contributed by atoms with Gasteiger partial charge < -0.3 is 9.47 Å². The number of sulfonamides is 1. The number of carbonyl (C=O) groups excluding carboxylic acids is 1. The van der Waals surface area contributed by atoms with Crippen LogP contribution in [0.15, 0.2) is 0 Å². The minimum absolute atomic E-state index is 0.0781. The van der Waals surface area contributed by atoms with Crippen molar-refractivity contribution in [3.8, 4) is 0 Å². The minimum Gasteiger partial charge on any atom is -0.469 e. The molecule has 0 saturated carbocycles. The molecule has 0 bridgehead atoms. The predicted octanol–water partition coefficient (Wildman–Crippen LogP) is 0.0936. The van der Waals surface area contributed by atoms with Crippen LogP contribution in [0.25, 0.3) is 0 Å². The lowest BCUT2D eigenvalue weighted by Gasteiger charge is -2.19. The predicted molar refractivity (Wildman–Crippen MR) is 64.1 cm³/mol. The molecular weight excluding hydrogens is 246 g/mol. The molecule has 1 atom stereocenters. The van der Waals surface area contributed by atoms with E-state index in [-0.39, 0.29) is 18.9 Å². The normalized spacial score (nSPS) is 13.7. The highest BCUT2D eigenvalue weighted by molar-refractivity contribution is 7.89. The number of nitrogens with zero attached hydrogens (tertiary/aromatic N) is 1. The minimum atomic E-state index is -3.37. The largest absolute Gasteiger partial charge is 0.469 e. The van der Waals surface area contributed by atoms with Gasteiger partial charge in [0.25, 0.3) is 0 Å². The van der Waals surface area contributed by atoms with Gasteiger partial charge in [0.1, 0.15) is 0 Å². The third-order valence-electron chi connectivity index (χ3n) is 2.30. The summed E-state index contributed by atoms with van der Waals surface area (Å²) in [6, 6.07) is 0. The maximum atomic E-state index is 11.7. The first-order chi connectivity index (χ1) is 7.85. The van der Waals surface area contributed by atoms with Gasteiger partial charge in [0, 0.05) is 20.2 Å². The van der Waals surface area contributed by atoms with E-state index in [9.17, 15) is 13.2 Å². The van der Waals surface area contributed by atoms with Gasteiger partial charge >= 0.3 is 5.97 Å². The summed E-state index contributed by atoms with van der Waals surface area (Å²) < 4.78 is 34.2. The van der Waals surface area contributed by atoms with Gasteiger partial charge in [-0.1, -0.05) is 6.92 Å². The third-order valence-corrected chi connectivity index (χ3v) is 4.08. The number of esters is 1. The lowest BCUT2D eigenvalue weighted by molar-refractivity contribution is -0.144. The molecule has 0 amide bonds. The van der Waals surface area contributed by atoms with Gasteiger partial charge in [0.05, 0.1) is 25.4 Å². The highest BCUT2D eigenvalue weighted by Gasteiger charge is 2.23. The Balaban J connectivity index is 4.28. The van der Waals surface area contributed by atoms with Crippen molar-refractivity contribution in [1.29, 1.82) is 0 Å². The maximum Gasteiger partial charge on any atom is 0.309 e. The molecule has 0 radical (unpaired) electrons. The second-order valence-electron chi connectivity index (χ2n) is 3.72. The van der Waals surface area contributed by atoms with Crippen molar-refractivity contribution in [3.63, 3.8) is 0 Å². The molecule has 0 aliphatic carbocycles. The fourth-order valence-electron chi connectivity index (χ4n) is 1.24. The zero-order chi connectivity index (χ0) is 13.5. The average molecular weight is 267 g/mol. The molecule has 0 aliphatic heterocycles. The van der Waals surface area contributed by atoms with E-state index < -0.39 is 21.9 Å². The summed E-state index contributed by atoms with van der Waals surface area (Å²) in [6.07, 6.45) is 0. The van der Waals surface area contributed by atoms with Crippen molar-refractivity contribution < 1.29 is 22.7 Å². The van der Waals surface area contributed by atoms with Crippen LogP contribution in [0.3, 0.4) is 0 Å². The second kappa shape index (κ2) is 7.62. The van der Waals surface area contributed by atoms with Crippen LogP contribution in [0.4, 0.5) is 0 Å². The van der Waals surface area contributed by atoms with Crippen LogP contribution in [0.1, 0.15) is 13.8 Å². The summed E-state index contributed by atoms with van der Waals surface area (Å²) in [7, 11) is -0.643. The number of methoxy groups -OCH3 is 1. The molecule has 0 aromatic heterocycles. The van der Waals surface area contributed by atoms with Crippen molar-refractivity contribution >= 4 is 16.0 Å². The first-order valence-electron chi connectivity index (χ1n) is 5.44. The summed E-state index contributed by atoms with van der Waals surface area (Å²) in [4.78, 5) is 11.2. The Hall–Kier alpha value is -0.660. The average Bonchev–Trinajstić information content (AvgIpc) is 2.27. The Bertz CT molecular complexity index is 328. The summed E-state index contributed by atoms with van der Waals surface area (Å²) in [5, 5.41) is 0.